The largest absolute Gasteiger partial charge is 0.349 e. The van der Waals surface area contributed by atoms with E-state index in [0.717, 1.165) is 32.2 Å². The van der Waals surface area contributed by atoms with E-state index in [-0.39, 0.29) is 29.7 Å². The molecule has 1 aromatic carbocycles. The first kappa shape index (κ1) is 17.0. The molecule has 0 radical (unpaired) electrons. The highest BCUT2D eigenvalue weighted by Gasteiger charge is 2.36. The molecule has 1 aliphatic carbocycles. The molecule has 2 aliphatic rings. The molecule has 3 rings (SSSR count). The van der Waals surface area contributed by atoms with Crippen LogP contribution >= 0.6 is 0 Å². The van der Waals surface area contributed by atoms with Gasteiger partial charge in [0.1, 0.15) is 0 Å². The van der Waals surface area contributed by atoms with E-state index >= 15 is 0 Å². The van der Waals surface area contributed by atoms with Crippen molar-refractivity contribution in [1.29, 1.82) is 0 Å². The van der Waals surface area contributed by atoms with Crippen LogP contribution in [0, 0.1) is 25.7 Å². The molecule has 2 atom stereocenters. The summed E-state index contributed by atoms with van der Waals surface area (Å²) in [7, 11) is 0. The maximum Gasteiger partial charge on any atom is 0.225 e. The van der Waals surface area contributed by atoms with Gasteiger partial charge in [-0.25, -0.2) is 0 Å². The van der Waals surface area contributed by atoms with Crippen LogP contribution in [0.5, 0.6) is 0 Å². The summed E-state index contributed by atoms with van der Waals surface area (Å²) < 4.78 is 0. The molecule has 0 unspecified atom stereocenters. The van der Waals surface area contributed by atoms with Gasteiger partial charge < -0.3 is 10.2 Å². The predicted molar refractivity (Wildman–Crippen MR) is 94.5 cm³/mol. The van der Waals surface area contributed by atoms with E-state index in [1.54, 1.807) is 0 Å². The lowest BCUT2D eigenvalue weighted by atomic mass is 9.95. The molecule has 1 heterocycles. The second-order valence-corrected chi connectivity index (χ2v) is 7.49. The summed E-state index contributed by atoms with van der Waals surface area (Å²) in [6.45, 7) is 7.58. The van der Waals surface area contributed by atoms with Gasteiger partial charge in [-0.15, -0.1) is 0 Å². The molecular weight excluding hydrogens is 300 g/mol. The number of benzene rings is 1. The Morgan fingerprint density at radius 2 is 1.92 bits per heavy atom. The molecule has 1 N–H and O–H groups in total. The second kappa shape index (κ2) is 6.96. The number of carbonyl (C=O) groups excluding carboxylic acids is 2. The number of hydrogen-bond donors (Lipinski definition) is 1. The Bertz CT molecular complexity index is 637. The molecule has 0 aromatic heterocycles. The van der Waals surface area contributed by atoms with Crippen LogP contribution in [0.25, 0.3) is 0 Å². The minimum atomic E-state index is -0.0750. The molecule has 1 aliphatic heterocycles. The Labute approximate surface area is 144 Å². The molecule has 0 spiro atoms. The summed E-state index contributed by atoms with van der Waals surface area (Å²) in [6, 6.07) is 6.33. The van der Waals surface area contributed by atoms with Gasteiger partial charge in [-0.3, -0.25) is 9.59 Å². The van der Waals surface area contributed by atoms with Crippen molar-refractivity contribution in [3.8, 4) is 0 Å². The van der Waals surface area contributed by atoms with Crippen molar-refractivity contribution < 1.29 is 9.59 Å². The highest BCUT2D eigenvalue weighted by molar-refractivity contribution is 5.83. The molecule has 1 saturated carbocycles. The van der Waals surface area contributed by atoms with Crippen LogP contribution in [-0.2, 0) is 9.59 Å². The van der Waals surface area contributed by atoms with Gasteiger partial charge in [-0.2, -0.15) is 0 Å². The van der Waals surface area contributed by atoms with Crippen LogP contribution < -0.4 is 5.32 Å². The number of piperidine rings is 1. The van der Waals surface area contributed by atoms with Gasteiger partial charge in [0.2, 0.25) is 11.8 Å². The van der Waals surface area contributed by atoms with E-state index in [4.69, 9.17) is 0 Å². The first-order valence-electron chi connectivity index (χ1n) is 9.12. The molecule has 4 heteroatoms. The minimum Gasteiger partial charge on any atom is -0.349 e. The monoisotopic (exact) mass is 328 g/mol. The SMILES string of the molecule is Cc1ccc(C)c([C@H](C)NC(=O)[C@H]2CCCN(C(=O)C3CC3)C2)c1. The zero-order chi connectivity index (χ0) is 17.3. The number of carbonyl (C=O) groups is 2. The Kier molecular flexibility index (Phi) is 4.93. The summed E-state index contributed by atoms with van der Waals surface area (Å²) in [5, 5.41) is 3.16. The van der Waals surface area contributed by atoms with E-state index in [0.29, 0.717) is 6.54 Å². The molecule has 1 aromatic rings. The average molecular weight is 328 g/mol. The Hall–Kier alpha value is -1.84. The van der Waals surface area contributed by atoms with Gasteiger partial charge in [-0.05, 0) is 57.6 Å². The number of rotatable bonds is 4. The van der Waals surface area contributed by atoms with Crippen LogP contribution in [0.1, 0.15) is 55.3 Å². The highest BCUT2D eigenvalue weighted by Crippen LogP contribution is 2.32. The first-order chi connectivity index (χ1) is 11.5. The minimum absolute atomic E-state index is 0.00749. The molecule has 1 saturated heterocycles. The van der Waals surface area contributed by atoms with E-state index in [9.17, 15) is 9.59 Å². The summed E-state index contributed by atoms with van der Waals surface area (Å²) in [5.41, 5.74) is 3.57. The smallest absolute Gasteiger partial charge is 0.225 e. The maximum atomic E-state index is 12.7. The summed E-state index contributed by atoms with van der Waals surface area (Å²) in [5.74, 6) is 0.501. The molecule has 24 heavy (non-hydrogen) atoms. The number of amides is 2. The van der Waals surface area contributed by atoms with Crippen molar-refractivity contribution in [2.45, 2.75) is 52.5 Å². The van der Waals surface area contributed by atoms with Crippen molar-refractivity contribution in [3.63, 3.8) is 0 Å². The summed E-state index contributed by atoms with van der Waals surface area (Å²) in [4.78, 5) is 26.8. The third-order valence-electron chi connectivity index (χ3n) is 5.29. The van der Waals surface area contributed by atoms with E-state index < -0.39 is 0 Å². The van der Waals surface area contributed by atoms with Crippen molar-refractivity contribution in [3.05, 3.63) is 34.9 Å². The normalized spacial score (nSPS) is 22.1. The van der Waals surface area contributed by atoms with Gasteiger partial charge >= 0.3 is 0 Å². The lowest BCUT2D eigenvalue weighted by Crippen LogP contribution is -2.46. The van der Waals surface area contributed by atoms with Gasteiger partial charge in [-0.1, -0.05) is 23.8 Å². The van der Waals surface area contributed by atoms with E-state index in [1.165, 1.54) is 16.7 Å². The second-order valence-electron chi connectivity index (χ2n) is 7.49. The van der Waals surface area contributed by atoms with Gasteiger partial charge in [0.25, 0.3) is 0 Å². The number of aryl methyl sites for hydroxylation is 2. The zero-order valence-corrected chi connectivity index (χ0v) is 15.0. The van der Waals surface area contributed by atoms with Crippen molar-refractivity contribution in [1.82, 2.24) is 10.2 Å². The Balaban J connectivity index is 1.61. The highest BCUT2D eigenvalue weighted by atomic mass is 16.2. The molecule has 2 fully saturated rings. The van der Waals surface area contributed by atoms with Gasteiger partial charge in [0.05, 0.1) is 12.0 Å². The van der Waals surface area contributed by atoms with Crippen LogP contribution in [0.15, 0.2) is 18.2 Å². The maximum absolute atomic E-state index is 12.7. The molecule has 0 bridgehead atoms. The Morgan fingerprint density at radius 3 is 2.62 bits per heavy atom. The fourth-order valence-electron chi connectivity index (χ4n) is 3.62. The average Bonchev–Trinajstić information content (AvgIpc) is 3.41. The lowest BCUT2D eigenvalue weighted by molar-refractivity contribution is -0.137. The van der Waals surface area contributed by atoms with E-state index in [2.05, 4.69) is 37.4 Å². The lowest BCUT2D eigenvalue weighted by Gasteiger charge is -2.33. The van der Waals surface area contributed by atoms with Gasteiger partial charge in [0, 0.05) is 19.0 Å². The molecule has 2 amide bonds. The first-order valence-corrected chi connectivity index (χ1v) is 9.12. The van der Waals surface area contributed by atoms with E-state index in [1.807, 2.05) is 11.8 Å². The third kappa shape index (κ3) is 3.80. The van der Waals surface area contributed by atoms with Crippen LogP contribution in [0.3, 0.4) is 0 Å². The van der Waals surface area contributed by atoms with Crippen LogP contribution in [0.2, 0.25) is 0 Å². The topological polar surface area (TPSA) is 49.4 Å². The fraction of sp³-hybridized carbons (Fsp3) is 0.600. The number of hydrogen-bond acceptors (Lipinski definition) is 2. The molecular formula is C20H28N2O2. The van der Waals surface area contributed by atoms with Crippen LogP contribution in [-0.4, -0.2) is 29.8 Å². The standard InChI is InChI=1S/C20H28N2O2/c1-13-6-7-14(2)18(11-13)15(3)21-19(23)17-5-4-10-22(12-17)20(24)16-8-9-16/h6-7,11,15-17H,4-5,8-10,12H2,1-3H3,(H,21,23)/t15-,17-/m0/s1. The van der Waals surface area contributed by atoms with Crippen LogP contribution in [0.4, 0.5) is 0 Å². The molecule has 4 nitrogen and oxygen atoms in total. The summed E-state index contributed by atoms with van der Waals surface area (Å²) in [6.07, 6.45) is 3.85. The fourth-order valence-corrected chi connectivity index (χ4v) is 3.62. The predicted octanol–water partition coefficient (Wildman–Crippen LogP) is 3.13. The van der Waals surface area contributed by atoms with Crippen molar-refractivity contribution >= 4 is 11.8 Å². The quantitative estimate of drug-likeness (QED) is 0.923. The third-order valence-corrected chi connectivity index (χ3v) is 5.29. The molecule has 130 valence electrons. The Morgan fingerprint density at radius 1 is 1.17 bits per heavy atom. The summed E-state index contributed by atoms with van der Waals surface area (Å²) >= 11 is 0. The van der Waals surface area contributed by atoms with Gasteiger partial charge in [0.15, 0.2) is 0 Å². The zero-order valence-electron chi connectivity index (χ0n) is 15.0. The number of likely N-dealkylation sites (tertiary alicyclic amines) is 1. The van der Waals surface area contributed by atoms with Crippen molar-refractivity contribution in [2.75, 3.05) is 13.1 Å². The number of nitrogens with one attached hydrogen (secondary N) is 1. The van der Waals surface area contributed by atoms with Crippen molar-refractivity contribution in [2.24, 2.45) is 11.8 Å². The number of nitrogens with zero attached hydrogens (tertiary/aromatic N) is 1.